The first-order chi connectivity index (χ1) is 9.73. The number of nitrogens with two attached hydrogens (primary N) is 1. The van der Waals surface area contributed by atoms with Crippen LogP contribution in [-0.4, -0.2) is 24.7 Å². The number of aromatic nitrogens is 1. The monoisotopic (exact) mass is 308 g/mol. The number of rotatable bonds is 3. The second kappa shape index (κ2) is 5.82. The molecule has 1 aromatic heterocycles. The highest BCUT2D eigenvalue weighted by molar-refractivity contribution is 7.10. The van der Waals surface area contributed by atoms with E-state index in [1.165, 1.54) is 0 Å². The van der Waals surface area contributed by atoms with Crippen molar-refractivity contribution in [3.05, 3.63) is 39.7 Å². The van der Waals surface area contributed by atoms with E-state index in [2.05, 4.69) is 5.38 Å². The van der Waals surface area contributed by atoms with Gasteiger partial charge < -0.3 is 10.5 Å². The highest BCUT2D eigenvalue weighted by Crippen LogP contribution is 2.37. The standard InChI is InChI=1S/C15H17ClN2OS/c16-12-3-1-11(2-4-12)13-9-20-14(18-13)15(10-17)5-7-19-8-6-15/h1-4,9H,5-8,10,17H2. The summed E-state index contributed by atoms with van der Waals surface area (Å²) in [5.74, 6) is 0. The third kappa shape index (κ3) is 2.61. The van der Waals surface area contributed by atoms with Crippen LogP contribution in [0, 0.1) is 0 Å². The Morgan fingerprint density at radius 3 is 2.60 bits per heavy atom. The van der Waals surface area contributed by atoms with Gasteiger partial charge in [-0.05, 0) is 25.0 Å². The van der Waals surface area contributed by atoms with E-state index >= 15 is 0 Å². The van der Waals surface area contributed by atoms with Crippen molar-refractivity contribution in [1.82, 2.24) is 4.98 Å². The van der Waals surface area contributed by atoms with Crippen molar-refractivity contribution < 1.29 is 4.74 Å². The molecule has 2 heterocycles. The molecule has 20 heavy (non-hydrogen) atoms. The predicted octanol–water partition coefficient (Wildman–Crippen LogP) is 3.47. The average molecular weight is 309 g/mol. The van der Waals surface area contributed by atoms with Crippen molar-refractivity contribution in [2.75, 3.05) is 19.8 Å². The van der Waals surface area contributed by atoms with Crippen molar-refractivity contribution in [1.29, 1.82) is 0 Å². The maximum absolute atomic E-state index is 6.03. The molecule has 0 aliphatic carbocycles. The van der Waals surface area contributed by atoms with Crippen LogP contribution < -0.4 is 5.73 Å². The summed E-state index contributed by atoms with van der Waals surface area (Å²) in [5, 5.41) is 3.98. The van der Waals surface area contributed by atoms with Gasteiger partial charge >= 0.3 is 0 Å². The van der Waals surface area contributed by atoms with Gasteiger partial charge in [0.1, 0.15) is 5.01 Å². The summed E-state index contributed by atoms with van der Waals surface area (Å²) in [7, 11) is 0. The van der Waals surface area contributed by atoms with Crippen LogP contribution in [0.25, 0.3) is 11.3 Å². The van der Waals surface area contributed by atoms with Gasteiger partial charge in [0, 0.05) is 41.1 Å². The molecule has 2 N–H and O–H groups in total. The van der Waals surface area contributed by atoms with E-state index in [-0.39, 0.29) is 5.41 Å². The lowest BCUT2D eigenvalue weighted by Crippen LogP contribution is -2.40. The third-order valence-electron chi connectivity index (χ3n) is 3.94. The van der Waals surface area contributed by atoms with Gasteiger partial charge in [-0.3, -0.25) is 0 Å². The number of hydrogen-bond donors (Lipinski definition) is 1. The molecule has 2 aromatic rings. The van der Waals surface area contributed by atoms with Crippen LogP contribution in [0.4, 0.5) is 0 Å². The van der Waals surface area contributed by atoms with Crippen LogP contribution in [0.15, 0.2) is 29.6 Å². The van der Waals surface area contributed by atoms with Crippen molar-refractivity contribution >= 4 is 22.9 Å². The lowest BCUT2D eigenvalue weighted by molar-refractivity contribution is 0.0529. The first-order valence-electron chi connectivity index (χ1n) is 6.73. The molecule has 5 heteroatoms. The summed E-state index contributed by atoms with van der Waals surface area (Å²) in [6, 6.07) is 7.78. The Kier molecular flexibility index (Phi) is 4.08. The quantitative estimate of drug-likeness (QED) is 0.944. The normalized spacial score (nSPS) is 18.1. The van der Waals surface area contributed by atoms with Crippen molar-refractivity contribution in [3.8, 4) is 11.3 Å². The molecule has 0 saturated carbocycles. The number of nitrogens with zero attached hydrogens (tertiary/aromatic N) is 1. The fraction of sp³-hybridized carbons (Fsp3) is 0.400. The summed E-state index contributed by atoms with van der Waals surface area (Å²) >= 11 is 7.62. The van der Waals surface area contributed by atoms with E-state index in [4.69, 9.17) is 27.1 Å². The molecule has 0 radical (unpaired) electrons. The topological polar surface area (TPSA) is 48.1 Å². The molecule has 3 nitrogen and oxygen atoms in total. The van der Waals surface area contributed by atoms with Gasteiger partial charge in [0.25, 0.3) is 0 Å². The molecule has 0 amide bonds. The second-order valence-corrected chi connectivity index (χ2v) is 6.44. The highest BCUT2D eigenvalue weighted by atomic mass is 35.5. The molecule has 3 rings (SSSR count). The fourth-order valence-corrected chi connectivity index (χ4v) is 3.76. The molecule has 1 aromatic carbocycles. The zero-order chi connectivity index (χ0) is 14.0. The minimum atomic E-state index is -0.00636. The molecular weight excluding hydrogens is 292 g/mol. The molecule has 1 aliphatic rings. The molecule has 1 saturated heterocycles. The SMILES string of the molecule is NCC1(c2nc(-c3ccc(Cl)cc3)cs2)CCOCC1. The smallest absolute Gasteiger partial charge is 0.101 e. The largest absolute Gasteiger partial charge is 0.381 e. The van der Waals surface area contributed by atoms with Crippen LogP contribution in [-0.2, 0) is 10.2 Å². The van der Waals surface area contributed by atoms with E-state index in [0.717, 1.165) is 47.3 Å². The molecule has 0 atom stereocenters. The maximum Gasteiger partial charge on any atom is 0.101 e. The van der Waals surface area contributed by atoms with Crippen LogP contribution >= 0.6 is 22.9 Å². The van der Waals surface area contributed by atoms with Crippen LogP contribution in [0.5, 0.6) is 0 Å². The third-order valence-corrected chi connectivity index (χ3v) is 5.28. The van der Waals surface area contributed by atoms with Crippen molar-refractivity contribution in [3.63, 3.8) is 0 Å². The number of halogens is 1. The Bertz CT molecular complexity index is 576. The van der Waals surface area contributed by atoms with Gasteiger partial charge in [0.15, 0.2) is 0 Å². The molecule has 0 bridgehead atoms. The van der Waals surface area contributed by atoms with E-state index in [1.54, 1.807) is 11.3 Å². The number of hydrogen-bond acceptors (Lipinski definition) is 4. The minimum absolute atomic E-state index is 0.00636. The number of thiazole rings is 1. The van der Waals surface area contributed by atoms with Gasteiger partial charge in [-0.2, -0.15) is 0 Å². The molecule has 0 unspecified atom stereocenters. The highest BCUT2D eigenvalue weighted by Gasteiger charge is 2.35. The zero-order valence-electron chi connectivity index (χ0n) is 11.1. The summed E-state index contributed by atoms with van der Waals surface area (Å²) in [6.45, 7) is 2.17. The Labute approximate surface area is 127 Å². The summed E-state index contributed by atoms with van der Waals surface area (Å²) < 4.78 is 5.46. The number of benzene rings is 1. The Balaban J connectivity index is 1.91. The van der Waals surface area contributed by atoms with Gasteiger partial charge in [-0.1, -0.05) is 23.7 Å². The predicted molar refractivity (Wildman–Crippen MR) is 83.3 cm³/mol. The molecule has 106 valence electrons. The van der Waals surface area contributed by atoms with Gasteiger partial charge in [0.05, 0.1) is 5.69 Å². The van der Waals surface area contributed by atoms with Crippen LogP contribution in [0.2, 0.25) is 5.02 Å². The Morgan fingerprint density at radius 2 is 1.95 bits per heavy atom. The number of ether oxygens (including phenoxy) is 1. The van der Waals surface area contributed by atoms with Crippen LogP contribution in [0.3, 0.4) is 0 Å². The lowest BCUT2D eigenvalue weighted by Gasteiger charge is -2.34. The molecule has 0 spiro atoms. The summed E-state index contributed by atoms with van der Waals surface area (Å²) in [5.41, 5.74) is 8.12. The first kappa shape index (κ1) is 14.0. The first-order valence-corrected chi connectivity index (χ1v) is 7.99. The van der Waals surface area contributed by atoms with E-state index < -0.39 is 0 Å². The van der Waals surface area contributed by atoms with Gasteiger partial charge in [-0.25, -0.2) is 4.98 Å². The Hall–Kier alpha value is -0.940. The minimum Gasteiger partial charge on any atom is -0.381 e. The van der Waals surface area contributed by atoms with E-state index in [9.17, 15) is 0 Å². The van der Waals surface area contributed by atoms with Gasteiger partial charge in [-0.15, -0.1) is 11.3 Å². The summed E-state index contributed by atoms with van der Waals surface area (Å²) in [6.07, 6.45) is 1.91. The van der Waals surface area contributed by atoms with E-state index in [1.807, 2.05) is 24.3 Å². The molecule has 1 fully saturated rings. The fourth-order valence-electron chi connectivity index (χ4n) is 2.54. The molecule has 1 aliphatic heterocycles. The second-order valence-electron chi connectivity index (χ2n) is 5.14. The maximum atomic E-state index is 6.03. The summed E-state index contributed by atoms with van der Waals surface area (Å²) in [4.78, 5) is 4.82. The zero-order valence-corrected chi connectivity index (χ0v) is 12.7. The van der Waals surface area contributed by atoms with E-state index in [0.29, 0.717) is 6.54 Å². The van der Waals surface area contributed by atoms with Crippen LogP contribution in [0.1, 0.15) is 17.8 Å². The molecular formula is C15H17ClN2OS. The Morgan fingerprint density at radius 1 is 1.25 bits per heavy atom. The van der Waals surface area contributed by atoms with Crippen molar-refractivity contribution in [2.24, 2.45) is 5.73 Å². The lowest BCUT2D eigenvalue weighted by atomic mass is 9.81. The average Bonchev–Trinajstić information content (AvgIpc) is 2.99. The van der Waals surface area contributed by atoms with Crippen molar-refractivity contribution in [2.45, 2.75) is 18.3 Å². The van der Waals surface area contributed by atoms with Gasteiger partial charge in [0.2, 0.25) is 0 Å².